The van der Waals surface area contributed by atoms with Crippen molar-refractivity contribution in [3.8, 4) is 0 Å². The molecule has 0 aliphatic carbocycles. The Balaban J connectivity index is 1.76. The molecule has 1 unspecified atom stereocenters. The van der Waals surface area contributed by atoms with Crippen LogP contribution in [0.1, 0.15) is 51.2 Å². The zero-order chi connectivity index (χ0) is 15.8. The Morgan fingerprint density at radius 2 is 1.95 bits per heavy atom. The molecule has 0 amide bonds. The van der Waals surface area contributed by atoms with Gasteiger partial charge in [-0.05, 0) is 44.2 Å². The topological polar surface area (TPSA) is 44.8 Å². The number of hydrogen-bond acceptors (Lipinski definition) is 4. The second-order valence-electron chi connectivity index (χ2n) is 5.48. The van der Waals surface area contributed by atoms with E-state index >= 15 is 0 Å². The fraction of sp³-hybridized carbons (Fsp3) is 0.500. The van der Waals surface area contributed by atoms with Crippen molar-refractivity contribution in [3.63, 3.8) is 0 Å². The molecule has 1 heterocycles. The second kappa shape index (κ2) is 8.71. The molecule has 4 nitrogen and oxygen atoms in total. The maximum absolute atomic E-state index is 11.3. The number of esters is 1. The van der Waals surface area contributed by atoms with Gasteiger partial charge in [0.15, 0.2) is 0 Å². The summed E-state index contributed by atoms with van der Waals surface area (Å²) in [6.07, 6.45) is 4.99. The highest BCUT2D eigenvalue weighted by molar-refractivity contribution is 5.69. The van der Waals surface area contributed by atoms with Gasteiger partial charge in [-0.2, -0.15) is 0 Å². The molecule has 0 radical (unpaired) electrons. The van der Waals surface area contributed by atoms with Crippen LogP contribution < -0.4 is 0 Å². The fourth-order valence-electron chi connectivity index (χ4n) is 2.54. The van der Waals surface area contributed by atoms with E-state index in [1.165, 1.54) is 0 Å². The van der Waals surface area contributed by atoms with Gasteiger partial charge in [-0.3, -0.25) is 4.79 Å². The van der Waals surface area contributed by atoms with Crippen molar-refractivity contribution in [1.82, 2.24) is 0 Å². The number of rotatable bonds is 7. The Morgan fingerprint density at radius 3 is 2.64 bits per heavy atom. The van der Waals surface area contributed by atoms with Crippen molar-refractivity contribution >= 4 is 5.97 Å². The number of ether oxygens (including phenoxy) is 1. The highest BCUT2D eigenvalue weighted by Crippen LogP contribution is 2.31. The van der Waals surface area contributed by atoms with Crippen LogP contribution in [0.25, 0.3) is 0 Å². The third kappa shape index (κ3) is 4.97. The minimum Gasteiger partial charge on any atom is -0.466 e. The highest BCUT2D eigenvalue weighted by Gasteiger charge is 2.23. The highest BCUT2D eigenvalue weighted by atomic mass is 17.2. The smallest absolute Gasteiger partial charge is 0.305 e. The lowest BCUT2D eigenvalue weighted by Crippen LogP contribution is -2.21. The molecule has 0 aromatic heterocycles. The summed E-state index contributed by atoms with van der Waals surface area (Å²) in [5.41, 5.74) is 2.25. The standard InChI is InChI=1S/C18H24O4/c1-3-20-17(19)12-8-7-11-16-13-14(2)18(22-21-16)15-9-5-4-6-10-15/h4-6,9-10,13,16,18H,3,7-8,11-12H2,1-2H3/t16?,18-/m1/s1. The predicted octanol–water partition coefficient (Wildman–Crippen LogP) is 4.13. The molecular formula is C18H24O4. The lowest BCUT2D eigenvalue weighted by Gasteiger charge is -2.26. The van der Waals surface area contributed by atoms with Gasteiger partial charge in [-0.1, -0.05) is 36.4 Å². The van der Waals surface area contributed by atoms with E-state index in [2.05, 4.69) is 13.0 Å². The van der Waals surface area contributed by atoms with Gasteiger partial charge in [0, 0.05) is 6.42 Å². The van der Waals surface area contributed by atoms with Gasteiger partial charge in [-0.25, -0.2) is 9.78 Å². The molecule has 22 heavy (non-hydrogen) atoms. The Hall–Kier alpha value is -1.65. The first-order chi connectivity index (χ1) is 10.7. The minimum absolute atomic E-state index is 0.0397. The van der Waals surface area contributed by atoms with Gasteiger partial charge < -0.3 is 4.74 Å². The van der Waals surface area contributed by atoms with Gasteiger partial charge in [0.2, 0.25) is 0 Å². The lowest BCUT2D eigenvalue weighted by molar-refractivity contribution is -0.346. The van der Waals surface area contributed by atoms with E-state index in [4.69, 9.17) is 14.5 Å². The van der Waals surface area contributed by atoms with E-state index in [0.717, 1.165) is 30.4 Å². The lowest BCUT2D eigenvalue weighted by atomic mass is 9.99. The van der Waals surface area contributed by atoms with E-state index in [0.29, 0.717) is 13.0 Å². The number of carbonyl (C=O) groups is 1. The summed E-state index contributed by atoms with van der Waals surface area (Å²) in [6, 6.07) is 10.0. The van der Waals surface area contributed by atoms with E-state index < -0.39 is 0 Å². The third-order valence-electron chi connectivity index (χ3n) is 3.66. The van der Waals surface area contributed by atoms with Crippen LogP contribution in [0.3, 0.4) is 0 Å². The van der Waals surface area contributed by atoms with Crippen molar-refractivity contribution in [3.05, 3.63) is 47.5 Å². The number of benzene rings is 1. The molecule has 0 bridgehead atoms. The summed E-state index contributed by atoms with van der Waals surface area (Å²) in [7, 11) is 0. The second-order valence-corrected chi connectivity index (χ2v) is 5.48. The van der Waals surface area contributed by atoms with Gasteiger partial charge in [0.1, 0.15) is 12.2 Å². The van der Waals surface area contributed by atoms with Gasteiger partial charge in [0.05, 0.1) is 6.61 Å². The molecule has 1 aromatic rings. The van der Waals surface area contributed by atoms with Crippen LogP contribution in [0.15, 0.2) is 42.0 Å². The molecule has 1 aliphatic rings. The SMILES string of the molecule is CCOC(=O)CCCCC1C=C(C)[C@H](c2ccccc2)OO1. The first-order valence-electron chi connectivity index (χ1n) is 7.91. The van der Waals surface area contributed by atoms with Gasteiger partial charge in [-0.15, -0.1) is 0 Å². The summed E-state index contributed by atoms with van der Waals surface area (Å²) in [5.74, 6) is -0.126. The summed E-state index contributed by atoms with van der Waals surface area (Å²) in [6.45, 7) is 4.33. The van der Waals surface area contributed by atoms with Crippen molar-refractivity contribution in [2.75, 3.05) is 6.61 Å². The molecule has 4 heteroatoms. The molecule has 2 rings (SSSR count). The van der Waals surface area contributed by atoms with Crippen LogP contribution in [-0.2, 0) is 19.3 Å². The third-order valence-corrected chi connectivity index (χ3v) is 3.66. The number of hydrogen-bond donors (Lipinski definition) is 0. The van der Waals surface area contributed by atoms with Crippen molar-refractivity contribution in [2.45, 2.75) is 51.7 Å². The summed E-state index contributed by atoms with van der Waals surface area (Å²) in [4.78, 5) is 22.3. The maximum Gasteiger partial charge on any atom is 0.305 e. The molecule has 120 valence electrons. The largest absolute Gasteiger partial charge is 0.466 e. The van der Waals surface area contributed by atoms with E-state index in [9.17, 15) is 4.79 Å². The average molecular weight is 304 g/mol. The van der Waals surface area contributed by atoms with Crippen molar-refractivity contribution in [2.24, 2.45) is 0 Å². The average Bonchev–Trinajstić information content (AvgIpc) is 2.53. The molecular weight excluding hydrogens is 280 g/mol. The summed E-state index contributed by atoms with van der Waals surface area (Å²) < 4.78 is 4.91. The molecule has 2 atom stereocenters. The normalized spacial score (nSPS) is 21.3. The van der Waals surface area contributed by atoms with Crippen LogP contribution in [0.2, 0.25) is 0 Å². The molecule has 0 saturated heterocycles. The Bertz CT molecular complexity index is 495. The monoisotopic (exact) mass is 304 g/mol. The Morgan fingerprint density at radius 1 is 1.18 bits per heavy atom. The van der Waals surface area contributed by atoms with Crippen LogP contribution in [0.5, 0.6) is 0 Å². The van der Waals surface area contributed by atoms with Crippen LogP contribution >= 0.6 is 0 Å². The molecule has 0 saturated carbocycles. The molecule has 0 N–H and O–H groups in total. The minimum atomic E-state index is -0.128. The zero-order valence-electron chi connectivity index (χ0n) is 13.3. The van der Waals surface area contributed by atoms with Crippen molar-refractivity contribution in [1.29, 1.82) is 0 Å². The van der Waals surface area contributed by atoms with E-state index in [-0.39, 0.29) is 18.2 Å². The summed E-state index contributed by atoms with van der Waals surface area (Å²) >= 11 is 0. The van der Waals surface area contributed by atoms with Crippen LogP contribution in [-0.4, -0.2) is 18.7 Å². The number of carbonyl (C=O) groups excluding carboxylic acids is 1. The Labute approximate surface area is 132 Å². The molecule has 0 spiro atoms. The fourth-order valence-corrected chi connectivity index (χ4v) is 2.54. The van der Waals surface area contributed by atoms with E-state index in [1.54, 1.807) is 0 Å². The maximum atomic E-state index is 11.3. The Kier molecular flexibility index (Phi) is 6.62. The number of unbranched alkanes of at least 4 members (excludes halogenated alkanes) is 1. The zero-order valence-corrected chi connectivity index (χ0v) is 13.3. The predicted molar refractivity (Wildman–Crippen MR) is 84.0 cm³/mol. The molecule has 0 fully saturated rings. The van der Waals surface area contributed by atoms with Crippen LogP contribution in [0.4, 0.5) is 0 Å². The van der Waals surface area contributed by atoms with Crippen molar-refractivity contribution < 1.29 is 19.3 Å². The summed E-state index contributed by atoms with van der Waals surface area (Å²) in [5, 5.41) is 0. The van der Waals surface area contributed by atoms with E-state index in [1.807, 2.05) is 37.3 Å². The first kappa shape index (κ1) is 16.7. The van der Waals surface area contributed by atoms with Crippen LogP contribution in [0, 0.1) is 0 Å². The van der Waals surface area contributed by atoms with Gasteiger partial charge in [0.25, 0.3) is 0 Å². The molecule has 1 aliphatic heterocycles. The van der Waals surface area contributed by atoms with Gasteiger partial charge >= 0.3 is 5.97 Å². The first-order valence-corrected chi connectivity index (χ1v) is 7.91. The molecule has 1 aromatic carbocycles. The quantitative estimate of drug-likeness (QED) is 0.329.